The Bertz CT molecular complexity index is 911. The first-order chi connectivity index (χ1) is 14.5. The number of hydrogen-bond donors (Lipinski definition) is 0. The van der Waals surface area contributed by atoms with E-state index in [4.69, 9.17) is 65.5 Å². The fourth-order valence-corrected chi connectivity index (χ4v) is 2.74. The van der Waals surface area contributed by atoms with Gasteiger partial charge < -0.3 is 19.0 Å². The van der Waals surface area contributed by atoms with E-state index in [0.29, 0.717) is 38.8 Å². The van der Waals surface area contributed by atoms with E-state index >= 15 is 0 Å². The Kier molecular flexibility index (Phi) is 9.63. The molecule has 0 unspecified atom stereocenters. The van der Waals surface area contributed by atoms with Gasteiger partial charge in [0, 0.05) is 12.1 Å². The normalized spacial score (nSPS) is 11.7. The lowest BCUT2D eigenvalue weighted by Gasteiger charge is -2.16. The summed E-state index contributed by atoms with van der Waals surface area (Å²) in [6.07, 6.45) is 1.54. The zero-order chi connectivity index (χ0) is 23.0. The molecule has 0 saturated heterocycles. The van der Waals surface area contributed by atoms with Crippen LogP contribution in [-0.4, -0.2) is 24.5 Å². The van der Waals surface area contributed by atoms with Gasteiger partial charge in [-0.1, -0.05) is 51.6 Å². The molecule has 2 aromatic carbocycles. The van der Waals surface area contributed by atoms with Gasteiger partial charge in [-0.15, -0.1) is 0 Å². The lowest BCUT2D eigenvalue weighted by atomic mass is 10.2. The van der Waals surface area contributed by atoms with E-state index in [-0.39, 0.29) is 23.3 Å². The number of nitrogens with zero attached hydrogens (tertiary/aromatic N) is 1. The first-order valence-electron chi connectivity index (χ1n) is 9.29. The van der Waals surface area contributed by atoms with Crippen molar-refractivity contribution in [1.82, 2.24) is 0 Å². The zero-order valence-corrected chi connectivity index (χ0v) is 20.6. The third kappa shape index (κ3) is 9.48. The highest BCUT2D eigenvalue weighted by Crippen LogP contribution is 2.39. The van der Waals surface area contributed by atoms with Gasteiger partial charge in [-0.25, -0.2) is 0 Å². The Morgan fingerprint density at radius 3 is 2.06 bits per heavy atom. The Morgan fingerprint density at radius 1 is 0.935 bits per heavy atom. The van der Waals surface area contributed by atoms with Crippen molar-refractivity contribution in [3.63, 3.8) is 0 Å². The minimum absolute atomic E-state index is 0.150. The van der Waals surface area contributed by atoms with E-state index in [1.807, 2.05) is 20.8 Å². The van der Waals surface area contributed by atoms with E-state index in [2.05, 4.69) is 5.16 Å². The van der Waals surface area contributed by atoms with E-state index in [0.717, 1.165) is 0 Å². The standard InChI is InChI=1S/C22H23Cl4NO4/c1-14(27-31-22(2,3)4)13-29-17-11-18(23)21(19(24)12-17)30-16-7-5-15(6-8-16)28-10-9-20(25)26/h5-9,11-12H,10,13H2,1-4H3. The third-order valence-electron chi connectivity index (χ3n) is 3.43. The highest BCUT2D eigenvalue weighted by atomic mass is 35.5. The average molecular weight is 507 g/mol. The molecule has 0 radical (unpaired) electrons. The van der Waals surface area contributed by atoms with Gasteiger partial charge in [0.25, 0.3) is 0 Å². The van der Waals surface area contributed by atoms with Crippen molar-refractivity contribution >= 4 is 52.1 Å². The van der Waals surface area contributed by atoms with E-state index in [1.165, 1.54) is 0 Å². The van der Waals surface area contributed by atoms with Crippen molar-refractivity contribution in [1.29, 1.82) is 0 Å². The molecule has 0 spiro atoms. The second kappa shape index (κ2) is 11.7. The van der Waals surface area contributed by atoms with E-state index < -0.39 is 0 Å². The minimum Gasteiger partial charge on any atom is -0.489 e. The molecule has 0 aliphatic carbocycles. The first-order valence-corrected chi connectivity index (χ1v) is 10.8. The quantitative estimate of drug-likeness (QED) is 0.255. The van der Waals surface area contributed by atoms with Crippen molar-refractivity contribution in [2.75, 3.05) is 13.2 Å². The Morgan fingerprint density at radius 2 is 1.52 bits per heavy atom. The lowest BCUT2D eigenvalue weighted by molar-refractivity contribution is 0.0000984. The van der Waals surface area contributed by atoms with Gasteiger partial charge in [-0.2, -0.15) is 0 Å². The summed E-state index contributed by atoms with van der Waals surface area (Å²) in [5.74, 6) is 1.98. The fourth-order valence-electron chi connectivity index (χ4n) is 2.07. The summed E-state index contributed by atoms with van der Waals surface area (Å²) in [4.78, 5) is 5.37. The monoisotopic (exact) mass is 505 g/mol. The number of hydrogen-bond acceptors (Lipinski definition) is 5. The lowest BCUT2D eigenvalue weighted by Crippen LogP contribution is -2.18. The van der Waals surface area contributed by atoms with Crippen LogP contribution in [0.5, 0.6) is 23.0 Å². The molecule has 0 aromatic heterocycles. The molecule has 0 atom stereocenters. The molecule has 0 heterocycles. The van der Waals surface area contributed by atoms with Crippen LogP contribution >= 0.6 is 46.4 Å². The number of benzene rings is 2. The molecule has 0 fully saturated rings. The second-order valence-electron chi connectivity index (χ2n) is 7.41. The number of oxime groups is 1. The highest BCUT2D eigenvalue weighted by molar-refractivity contribution is 6.55. The molecule has 0 bridgehead atoms. The van der Waals surface area contributed by atoms with Crippen LogP contribution in [0.3, 0.4) is 0 Å². The minimum atomic E-state index is -0.369. The van der Waals surface area contributed by atoms with Crippen LogP contribution in [0.25, 0.3) is 0 Å². The SMILES string of the molecule is CC(COc1cc(Cl)c(Oc2ccc(OCC=C(Cl)Cl)cc2)c(Cl)c1)=NOC(C)(C)C. The molecule has 5 nitrogen and oxygen atoms in total. The van der Waals surface area contributed by atoms with E-state index in [1.54, 1.807) is 49.4 Å². The Hall–Kier alpha value is -1.79. The van der Waals surface area contributed by atoms with Gasteiger partial charge in [0.05, 0.1) is 15.8 Å². The van der Waals surface area contributed by atoms with Crippen molar-refractivity contribution in [2.24, 2.45) is 5.16 Å². The maximum Gasteiger partial charge on any atom is 0.164 e. The van der Waals surface area contributed by atoms with Crippen molar-refractivity contribution in [3.8, 4) is 23.0 Å². The predicted octanol–water partition coefficient (Wildman–Crippen LogP) is 8.05. The van der Waals surface area contributed by atoms with Crippen LogP contribution in [0, 0.1) is 0 Å². The summed E-state index contributed by atoms with van der Waals surface area (Å²) in [6, 6.07) is 10.2. The molecule has 168 valence electrons. The number of halogens is 4. The van der Waals surface area contributed by atoms with Gasteiger partial charge in [-0.05, 0) is 58.0 Å². The summed E-state index contributed by atoms with van der Waals surface area (Å²) < 4.78 is 17.1. The van der Waals surface area contributed by atoms with Crippen LogP contribution < -0.4 is 14.2 Å². The van der Waals surface area contributed by atoms with Crippen molar-refractivity contribution in [3.05, 3.63) is 57.0 Å². The average Bonchev–Trinajstić information content (AvgIpc) is 2.68. The molecule has 0 aliphatic rings. The summed E-state index contributed by atoms with van der Waals surface area (Å²) >= 11 is 23.8. The summed E-state index contributed by atoms with van der Waals surface area (Å²) in [5.41, 5.74) is 0.306. The van der Waals surface area contributed by atoms with Crippen molar-refractivity contribution < 1.29 is 19.0 Å². The maximum absolute atomic E-state index is 6.35. The Balaban J connectivity index is 2.00. The smallest absolute Gasteiger partial charge is 0.164 e. The maximum atomic E-state index is 6.35. The molecule has 31 heavy (non-hydrogen) atoms. The van der Waals surface area contributed by atoms with Crippen LogP contribution in [0.2, 0.25) is 10.0 Å². The predicted molar refractivity (Wildman–Crippen MR) is 128 cm³/mol. The van der Waals surface area contributed by atoms with Gasteiger partial charge in [0.2, 0.25) is 0 Å². The molecular weight excluding hydrogens is 484 g/mol. The van der Waals surface area contributed by atoms with Crippen LogP contribution in [0.4, 0.5) is 0 Å². The largest absolute Gasteiger partial charge is 0.489 e. The number of ether oxygens (including phenoxy) is 3. The van der Waals surface area contributed by atoms with E-state index in [9.17, 15) is 0 Å². The third-order valence-corrected chi connectivity index (χ3v) is 4.30. The second-order valence-corrected chi connectivity index (χ2v) is 9.24. The summed E-state index contributed by atoms with van der Waals surface area (Å²) in [7, 11) is 0. The molecule has 2 rings (SSSR count). The summed E-state index contributed by atoms with van der Waals surface area (Å²) in [6.45, 7) is 8.04. The van der Waals surface area contributed by atoms with Crippen molar-refractivity contribution in [2.45, 2.75) is 33.3 Å². The molecule has 0 amide bonds. The molecule has 2 aromatic rings. The molecule has 0 aliphatic heterocycles. The first kappa shape index (κ1) is 25.5. The molecule has 0 N–H and O–H groups in total. The fraction of sp³-hybridized carbons (Fsp3) is 0.318. The van der Waals surface area contributed by atoms with Gasteiger partial charge >= 0.3 is 0 Å². The van der Waals surface area contributed by atoms with Crippen LogP contribution in [-0.2, 0) is 4.84 Å². The van der Waals surface area contributed by atoms with Gasteiger partial charge in [-0.3, -0.25) is 0 Å². The highest BCUT2D eigenvalue weighted by Gasteiger charge is 2.13. The molecule has 0 saturated carbocycles. The summed E-state index contributed by atoms with van der Waals surface area (Å²) in [5, 5.41) is 4.66. The van der Waals surface area contributed by atoms with Gasteiger partial charge in [0.15, 0.2) is 5.75 Å². The van der Waals surface area contributed by atoms with Crippen LogP contribution in [0.1, 0.15) is 27.7 Å². The number of rotatable bonds is 9. The molecule has 9 heteroatoms. The topological polar surface area (TPSA) is 49.3 Å². The van der Waals surface area contributed by atoms with Crippen LogP contribution in [0.15, 0.2) is 52.1 Å². The molecular formula is C22H23Cl4NO4. The Labute approximate surface area is 202 Å². The van der Waals surface area contributed by atoms with Gasteiger partial charge in [0.1, 0.15) is 40.6 Å². The zero-order valence-electron chi connectivity index (χ0n) is 17.5.